The van der Waals surface area contributed by atoms with Crippen LogP contribution in [0.25, 0.3) is 0 Å². The van der Waals surface area contributed by atoms with Gasteiger partial charge in [-0.3, -0.25) is 4.79 Å². The van der Waals surface area contributed by atoms with Crippen molar-refractivity contribution in [3.8, 4) is 0 Å². The molecule has 0 aromatic heterocycles. The maximum atomic E-state index is 12.0. The number of anilines is 1. The van der Waals surface area contributed by atoms with Gasteiger partial charge in [0.2, 0.25) is 0 Å². The van der Waals surface area contributed by atoms with Crippen molar-refractivity contribution in [2.24, 2.45) is 0 Å². The van der Waals surface area contributed by atoms with Crippen LogP contribution in [0.3, 0.4) is 0 Å². The Balaban J connectivity index is 2.18. The van der Waals surface area contributed by atoms with E-state index in [9.17, 15) is 9.90 Å². The van der Waals surface area contributed by atoms with Gasteiger partial charge in [0.15, 0.2) is 0 Å². The third kappa shape index (κ3) is 2.97. The number of carbonyl (C=O) groups excluding carboxylic acids is 1. The molecule has 0 bridgehead atoms. The number of hydrogen-bond donors (Lipinski definition) is 2. The first-order valence-electron chi connectivity index (χ1n) is 5.46. The van der Waals surface area contributed by atoms with Crippen molar-refractivity contribution in [2.45, 2.75) is 6.61 Å². The molecule has 2 N–H and O–H groups in total. The van der Waals surface area contributed by atoms with Crippen LogP contribution in [0.5, 0.6) is 0 Å². The van der Waals surface area contributed by atoms with E-state index < -0.39 is 0 Å². The number of benzene rings is 2. The fourth-order valence-electron chi connectivity index (χ4n) is 1.58. The number of para-hydroxylation sites is 1. The largest absolute Gasteiger partial charge is 0.392 e. The van der Waals surface area contributed by atoms with Crippen molar-refractivity contribution in [3.05, 3.63) is 64.1 Å². The average Bonchev–Trinajstić information content (AvgIpc) is 2.40. The molecule has 0 aliphatic carbocycles. The fourth-order valence-corrected chi connectivity index (χ4v) is 1.84. The minimum Gasteiger partial charge on any atom is -0.392 e. The zero-order chi connectivity index (χ0) is 13.0. The van der Waals surface area contributed by atoms with Crippen LogP contribution in [0.2, 0.25) is 0 Å². The van der Waals surface area contributed by atoms with Crippen molar-refractivity contribution in [3.63, 3.8) is 0 Å². The number of aliphatic hydroxyl groups excluding tert-OH is 1. The molecule has 0 heterocycles. The van der Waals surface area contributed by atoms with Crippen molar-refractivity contribution in [1.82, 2.24) is 0 Å². The minimum atomic E-state index is -0.191. The van der Waals surface area contributed by atoms with Gasteiger partial charge in [-0.05, 0) is 30.3 Å². The smallest absolute Gasteiger partial charge is 0.255 e. The second kappa shape index (κ2) is 5.80. The fraction of sp³-hybridized carbons (Fsp3) is 0.0714. The summed E-state index contributed by atoms with van der Waals surface area (Å²) in [4.78, 5) is 12.0. The van der Waals surface area contributed by atoms with E-state index in [1.54, 1.807) is 24.3 Å². The van der Waals surface area contributed by atoms with Gasteiger partial charge in [0.05, 0.1) is 6.61 Å². The van der Waals surface area contributed by atoms with E-state index in [0.717, 1.165) is 4.47 Å². The first-order chi connectivity index (χ1) is 8.70. The number of amides is 1. The SMILES string of the molecule is O=C(Nc1ccccc1CO)c1ccc(Br)cc1. The van der Waals surface area contributed by atoms with Crippen LogP contribution in [0.1, 0.15) is 15.9 Å². The molecular weight excluding hydrogens is 294 g/mol. The van der Waals surface area contributed by atoms with Gasteiger partial charge in [-0.2, -0.15) is 0 Å². The monoisotopic (exact) mass is 305 g/mol. The summed E-state index contributed by atoms with van der Waals surface area (Å²) in [6.45, 7) is -0.100. The predicted octanol–water partition coefficient (Wildman–Crippen LogP) is 3.19. The molecule has 92 valence electrons. The zero-order valence-corrected chi connectivity index (χ0v) is 11.1. The molecule has 0 unspecified atom stereocenters. The molecule has 0 saturated heterocycles. The number of carbonyl (C=O) groups is 1. The molecule has 0 fully saturated rings. The lowest BCUT2D eigenvalue weighted by atomic mass is 10.1. The molecule has 0 aliphatic rings. The number of rotatable bonds is 3. The number of hydrogen-bond acceptors (Lipinski definition) is 2. The Hall–Kier alpha value is -1.65. The Bertz CT molecular complexity index is 552. The lowest BCUT2D eigenvalue weighted by Gasteiger charge is -2.09. The van der Waals surface area contributed by atoms with Gasteiger partial charge in [-0.15, -0.1) is 0 Å². The molecule has 0 radical (unpaired) electrons. The van der Waals surface area contributed by atoms with Gasteiger partial charge in [0, 0.05) is 21.3 Å². The molecule has 1 amide bonds. The molecule has 3 nitrogen and oxygen atoms in total. The Labute approximate surface area is 114 Å². The van der Waals surface area contributed by atoms with Crippen LogP contribution >= 0.6 is 15.9 Å². The van der Waals surface area contributed by atoms with Crippen molar-refractivity contribution in [1.29, 1.82) is 0 Å². The predicted molar refractivity (Wildman–Crippen MR) is 74.5 cm³/mol. The Morgan fingerprint density at radius 2 is 1.78 bits per heavy atom. The third-order valence-corrected chi connectivity index (χ3v) is 3.07. The molecule has 0 atom stereocenters. The average molecular weight is 306 g/mol. The van der Waals surface area contributed by atoms with Gasteiger partial charge in [0.1, 0.15) is 0 Å². The number of aliphatic hydroxyl groups is 1. The second-order valence-electron chi connectivity index (χ2n) is 3.78. The van der Waals surface area contributed by atoms with Crippen LogP contribution in [0.15, 0.2) is 53.0 Å². The molecule has 2 aromatic carbocycles. The quantitative estimate of drug-likeness (QED) is 0.915. The van der Waals surface area contributed by atoms with E-state index >= 15 is 0 Å². The third-order valence-electron chi connectivity index (χ3n) is 2.54. The first-order valence-corrected chi connectivity index (χ1v) is 6.25. The highest BCUT2D eigenvalue weighted by atomic mass is 79.9. The topological polar surface area (TPSA) is 49.3 Å². The maximum absolute atomic E-state index is 12.0. The van der Waals surface area contributed by atoms with Gasteiger partial charge in [-0.25, -0.2) is 0 Å². The van der Waals surface area contributed by atoms with Crippen LogP contribution in [0, 0.1) is 0 Å². The zero-order valence-electron chi connectivity index (χ0n) is 9.56. The summed E-state index contributed by atoms with van der Waals surface area (Å²) in [6, 6.07) is 14.3. The van der Waals surface area contributed by atoms with Crippen LogP contribution < -0.4 is 5.32 Å². The summed E-state index contributed by atoms with van der Waals surface area (Å²) >= 11 is 3.32. The lowest BCUT2D eigenvalue weighted by molar-refractivity contribution is 0.102. The molecular formula is C14H12BrNO2. The molecule has 0 aliphatic heterocycles. The van der Waals surface area contributed by atoms with Crippen LogP contribution in [0.4, 0.5) is 5.69 Å². The highest BCUT2D eigenvalue weighted by Gasteiger charge is 2.08. The van der Waals surface area contributed by atoms with Gasteiger partial charge in [0.25, 0.3) is 5.91 Å². The van der Waals surface area contributed by atoms with Gasteiger partial charge in [-0.1, -0.05) is 34.1 Å². The van der Waals surface area contributed by atoms with E-state index in [1.807, 2.05) is 24.3 Å². The van der Waals surface area contributed by atoms with E-state index in [2.05, 4.69) is 21.2 Å². The van der Waals surface area contributed by atoms with E-state index in [0.29, 0.717) is 16.8 Å². The van der Waals surface area contributed by atoms with Crippen molar-refractivity contribution >= 4 is 27.5 Å². The number of halogens is 1. The normalized spacial score (nSPS) is 10.1. The second-order valence-corrected chi connectivity index (χ2v) is 4.69. The van der Waals surface area contributed by atoms with Gasteiger partial charge >= 0.3 is 0 Å². The molecule has 18 heavy (non-hydrogen) atoms. The van der Waals surface area contributed by atoms with Gasteiger partial charge < -0.3 is 10.4 Å². The van der Waals surface area contributed by atoms with Crippen LogP contribution in [-0.2, 0) is 6.61 Å². The van der Waals surface area contributed by atoms with E-state index in [-0.39, 0.29) is 12.5 Å². The Morgan fingerprint density at radius 1 is 1.11 bits per heavy atom. The van der Waals surface area contributed by atoms with E-state index in [1.165, 1.54) is 0 Å². The van der Waals surface area contributed by atoms with Crippen molar-refractivity contribution < 1.29 is 9.90 Å². The number of nitrogens with one attached hydrogen (secondary N) is 1. The molecule has 4 heteroatoms. The summed E-state index contributed by atoms with van der Waals surface area (Å²) in [6.07, 6.45) is 0. The summed E-state index contributed by atoms with van der Waals surface area (Å²) in [5.74, 6) is -0.191. The lowest BCUT2D eigenvalue weighted by Crippen LogP contribution is -2.13. The molecule has 2 aromatic rings. The summed E-state index contributed by atoms with van der Waals surface area (Å²) in [5, 5.41) is 12.0. The van der Waals surface area contributed by atoms with Crippen LogP contribution in [-0.4, -0.2) is 11.0 Å². The molecule has 0 saturated carbocycles. The standard InChI is InChI=1S/C14H12BrNO2/c15-12-7-5-10(6-8-12)14(18)16-13-4-2-1-3-11(13)9-17/h1-8,17H,9H2,(H,16,18). The summed E-state index contributed by atoms with van der Waals surface area (Å²) in [7, 11) is 0. The summed E-state index contributed by atoms with van der Waals surface area (Å²) < 4.78 is 0.926. The highest BCUT2D eigenvalue weighted by Crippen LogP contribution is 2.17. The van der Waals surface area contributed by atoms with E-state index in [4.69, 9.17) is 0 Å². The Kier molecular flexibility index (Phi) is 4.12. The van der Waals surface area contributed by atoms with Crippen molar-refractivity contribution in [2.75, 3.05) is 5.32 Å². The maximum Gasteiger partial charge on any atom is 0.255 e. The summed E-state index contributed by atoms with van der Waals surface area (Å²) in [5.41, 5.74) is 1.90. The minimum absolute atomic E-state index is 0.100. The highest BCUT2D eigenvalue weighted by molar-refractivity contribution is 9.10. The molecule has 2 rings (SSSR count). The Morgan fingerprint density at radius 3 is 2.44 bits per heavy atom. The first kappa shape index (κ1) is 12.8. The molecule has 0 spiro atoms.